The van der Waals surface area contributed by atoms with Crippen LogP contribution < -0.4 is 5.32 Å². The van der Waals surface area contributed by atoms with Crippen molar-refractivity contribution >= 4 is 11.8 Å². The Kier molecular flexibility index (Phi) is 4.04. The highest BCUT2D eigenvalue weighted by atomic mass is 32.2. The maximum absolute atomic E-state index is 4.36. The molecule has 0 aliphatic heterocycles. The molecular formula is C8H13N3S. The highest BCUT2D eigenvalue weighted by Gasteiger charge is 1.96. The van der Waals surface area contributed by atoms with E-state index in [1.807, 2.05) is 25.6 Å². The lowest BCUT2D eigenvalue weighted by Gasteiger charge is -2.00. The lowest BCUT2D eigenvalue weighted by Crippen LogP contribution is -2.08. The molecule has 0 spiro atoms. The Labute approximate surface area is 77.0 Å². The predicted octanol–water partition coefficient (Wildman–Crippen LogP) is 1.06. The predicted molar refractivity (Wildman–Crippen MR) is 52.0 cm³/mol. The molecule has 0 radical (unpaired) electrons. The summed E-state index contributed by atoms with van der Waals surface area (Å²) in [5.41, 5.74) is 1.05. The second-order valence-electron chi connectivity index (χ2n) is 2.43. The van der Waals surface area contributed by atoms with Crippen molar-refractivity contribution in [1.82, 2.24) is 15.3 Å². The summed E-state index contributed by atoms with van der Waals surface area (Å²) in [5.74, 6) is 1.80. The van der Waals surface area contributed by atoms with E-state index >= 15 is 0 Å². The molecule has 0 atom stereocenters. The molecule has 0 unspecified atom stereocenters. The summed E-state index contributed by atoms with van der Waals surface area (Å²) in [6.45, 7) is 0.809. The molecule has 0 amide bonds. The first-order valence-electron chi connectivity index (χ1n) is 3.81. The molecule has 1 aromatic heterocycles. The molecule has 1 rings (SSSR count). The van der Waals surface area contributed by atoms with Gasteiger partial charge in [0.25, 0.3) is 0 Å². The molecule has 12 heavy (non-hydrogen) atoms. The fourth-order valence-electron chi connectivity index (χ4n) is 0.919. The van der Waals surface area contributed by atoms with Crippen molar-refractivity contribution < 1.29 is 0 Å². The number of nitrogens with zero attached hydrogens (tertiary/aromatic N) is 2. The van der Waals surface area contributed by atoms with Crippen LogP contribution in [0.2, 0.25) is 0 Å². The number of aromatic nitrogens is 2. The molecule has 0 aromatic carbocycles. The van der Waals surface area contributed by atoms with E-state index in [0.717, 1.165) is 23.8 Å². The molecular weight excluding hydrogens is 170 g/mol. The van der Waals surface area contributed by atoms with Crippen molar-refractivity contribution in [3.8, 4) is 0 Å². The van der Waals surface area contributed by atoms with Crippen LogP contribution in [0.15, 0.2) is 12.3 Å². The van der Waals surface area contributed by atoms with Crippen LogP contribution in [0.4, 0.5) is 0 Å². The van der Waals surface area contributed by atoms with Crippen molar-refractivity contribution in [2.75, 3.05) is 13.3 Å². The van der Waals surface area contributed by atoms with Crippen LogP contribution in [0.3, 0.4) is 0 Å². The van der Waals surface area contributed by atoms with Gasteiger partial charge in [-0.25, -0.2) is 9.97 Å². The van der Waals surface area contributed by atoms with E-state index in [1.54, 1.807) is 11.8 Å². The van der Waals surface area contributed by atoms with Crippen LogP contribution in [0, 0.1) is 0 Å². The van der Waals surface area contributed by atoms with Crippen molar-refractivity contribution in [2.24, 2.45) is 0 Å². The summed E-state index contributed by atoms with van der Waals surface area (Å²) in [7, 11) is 1.91. The van der Waals surface area contributed by atoms with Gasteiger partial charge in [-0.3, -0.25) is 0 Å². The molecule has 0 aliphatic rings. The van der Waals surface area contributed by atoms with Crippen LogP contribution >= 0.6 is 11.8 Å². The first kappa shape index (κ1) is 9.48. The van der Waals surface area contributed by atoms with Crippen LogP contribution in [-0.4, -0.2) is 23.3 Å². The summed E-state index contributed by atoms with van der Waals surface area (Å²) in [6, 6.07) is 1.93. The molecule has 3 nitrogen and oxygen atoms in total. The van der Waals surface area contributed by atoms with Gasteiger partial charge in [0.2, 0.25) is 0 Å². The van der Waals surface area contributed by atoms with Crippen LogP contribution in [0.5, 0.6) is 0 Å². The number of rotatable bonds is 4. The second-order valence-corrected chi connectivity index (χ2v) is 3.29. The number of nitrogens with one attached hydrogen (secondary N) is 1. The van der Waals surface area contributed by atoms with Gasteiger partial charge in [0, 0.05) is 12.7 Å². The fourth-order valence-corrected chi connectivity index (χ4v) is 1.32. The number of hydrogen-bond acceptors (Lipinski definition) is 4. The van der Waals surface area contributed by atoms with Gasteiger partial charge in [0.15, 0.2) is 0 Å². The van der Waals surface area contributed by atoms with Crippen molar-refractivity contribution in [3.63, 3.8) is 0 Å². The molecule has 1 heterocycles. The Morgan fingerprint density at radius 3 is 3.08 bits per heavy atom. The third-order valence-electron chi connectivity index (χ3n) is 1.39. The van der Waals surface area contributed by atoms with Gasteiger partial charge >= 0.3 is 0 Å². The SMILES string of the molecule is CNCc1ccnc(CSC)n1. The Balaban J connectivity index is 2.67. The van der Waals surface area contributed by atoms with E-state index in [-0.39, 0.29) is 0 Å². The van der Waals surface area contributed by atoms with Crippen LogP contribution in [0.25, 0.3) is 0 Å². The molecule has 0 aliphatic carbocycles. The Bertz CT molecular complexity index is 218. The summed E-state index contributed by atoms with van der Waals surface area (Å²) in [5, 5.41) is 3.06. The smallest absolute Gasteiger partial charge is 0.138 e. The average Bonchev–Trinajstić information content (AvgIpc) is 2.06. The van der Waals surface area contributed by atoms with E-state index < -0.39 is 0 Å². The zero-order valence-corrected chi connectivity index (χ0v) is 8.19. The van der Waals surface area contributed by atoms with Crippen molar-refractivity contribution in [2.45, 2.75) is 12.3 Å². The minimum absolute atomic E-state index is 0.809. The first-order valence-corrected chi connectivity index (χ1v) is 5.20. The third-order valence-corrected chi connectivity index (χ3v) is 1.94. The van der Waals surface area contributed by atoms with Crippen molar-refractivity contribution in [3.05, 3.63) is 23.8 Å². The molecule has 1 aromatic rings. The lowest BCUT2D eigenvalue weighted by molar-refractivity contribution is 0.777. The fraction of sp³-hybridized carbons (Fsp3) is 0.500. The van der Waals surface area contributed by atoms with Gasteiger partial charge in [-0.15, -0.1) is 0 Å². The van der Waals surface area contributed by atoms with Gasteiger partial charge < -0.3 is 5.32 Å². The van der Waals surface area contributed by atoms with E-state index in [0.29, 0.717) is 0 Å². The van der Waals surface area contributed by atoms with E-state index in [2.05, 4.69) is 15.3 Å². The highest BCUT2D eigenvalue weighted by molar-refractivity contribution is 7.97. The van der Waals surface area contributed by atoms with Gasteiger partial charge in [0.05, 0.1) is 11.4 Å². The maximum atomic E-state index is 4.36. The summed E-state index contributed by atoms with van der Waals surface area (Å²) < 4.78 is 0. The highest BCUT2D eigenvalue weighted by Crippen LogP contribution is 2.03. The minimum atomic E-state index is 0.809. The van der Waals surface area contributed by atoms with Crippen LogP contribution in [-0.2, 0) is 12.3 Å². The molecule has 66 valence electrons. The number of hydrogen-bond donors (Lipinski definition) is 1. The molecule has 1 N–H and O–H groups in total. The standard InChI is InChI=1S/C8H13N3S/c1-9-5-7-3-4-10-8(11-7)6-12-2/h3-4,9H,5-6H2,1-2H3. The lowest BCUT2D eigenvalue weighted by atomic mass is 10.4. The molecule has 0 saturated carbocycles. The van der Waals surface area contributed by atoms with E-state index in [9.17, 15) is 0 Å². The van der Waals surface area contributed by atoms with Crippen LogP contribution in [0.1, 0.15) is 11.5 Å². The summed E-state index contributed by atoms with van der Waals surface area (Å²) in [6.07, 6.45) is 3.86. The van der Waals surface area contributed by atoms with E-state index in [1.165, 1.54) is 0 Å². The zero-order valence-electron chi connectivity index (χ0n) is 7.37. The second kappa shape index (κ2) is 5.11. The van der Waals surface area contributed by atoms with E-state index in [4.69, 9.17) is 0 Å². The normalized spacial score (nSPS) is 10.2. The van der Waals surface area contributed by atoms with Gasteiger partial charge in [0.1, 0.15) is 5.82 Å². The Morgan fingerprint density at radius 1 is 1.58 bits per heavy atom. The molecule has 0 bridgehead atoms. The summed E-state index contributed by atoms with van der Waals surface area (Å²) in [4.78, 5) is 8.51. The average molecular weight is 183 g/mol. The summed E-state index contributed by atoms with van der Waals surface area (Å²) >= 11 is 1.74. The third kappa shape index (κ3) is 2.79. The Hall–Kier alpha value is -0.610. The molecule has 0 fully saturated rings. The quantitative estimate of drug-likeness (QED) is 0.757. The van der Waals surface area contributed by atoms with Gasteiger partial charge in [-0.05, 0) is 19.4 Å². The molecule has 4 heteroatoms. The van der Waals surface area contributed by atoms with Crippen molar-refractivity contribution in [1.29, 1.82) is 0 Å². The topological polar surface area (TPSA) is 37.8 Å². The molecule has 0 saturated heterocycles. The van der Waals surface area contributed by atoms with Gasteiger partial charge in [-0.1, -0.05) is 0 Å². The minimum Gasteiger partial charge on any atom is -0.314 e. The zero-order chi connectivity index (χ0) is 8.81. The Morgan fingerprint density at radius 2 is 2.42 bits per heavy atom. The number of thioether (sulfide) groups is 1. The van der Waals surface area contributed by atoms with Gasteiger partial charge in [-0.2, -0.15) is 11.8 Å². The maximum Gasteiger partial charge on any atom is 0.138 e. The monoisotopic (exact) mass is 183 g/mol. The first-order chi connectivity index (χ1) is 5.86. The largest absolute Gasteiger partial charge is 0.314 e.